The molecule has 5 heteroatoms. The predicted octanol–water partition coefficient (Wildman–Crippen LogP) is 0.206. The molecule has 0 bridgehead atoms. The number of hydrogen-bond acceptors (Lipinski definition) is 1. The first-order valence-corrected chi connectivity index (χ1v) is 5.04. The lowest BCUT2D eigenvalue weighted by Crippen LogP contribution is -2.27. The molecule has 0 saturated carbocycles. The Hall–Kier alpha value is -2.04. The summed E-state index contributed by atoms with van der Waals surface area (Å²) in [6.07, 6.45) is 0.807. The summed E-state index contributed by atoms with van der Waals surface area (Å²) < 4.78 is 0. The van der Waals surface area contributed by atoms with Crippen LogP contribution in [0.5, 0.6) is 0 Å². The molecule has 0 radical (unpaired) electrons. The number of hydrogen-bond donors (Lipinski definition) is 3. The Morgan fingerprint density at radius 1 is 1.19 bits per heavy atom. The Morgan fingerprint density at radius 3 is 2.38 bits per heavy atom. The number of benzene rings is 1. The maximum atomic E-state index is 5.53. The fourth-order valence-electron chi connectivity index (χ4n) is 1.39. The maximum absolute atomic E-state index is 5.53. The van der Waals surface area contributed by atoms with Gasteiger partial charge in [-0.2, -0.15) is 4.99 Å². The van der Waals surface area contributed by atoms with Crippen LogP contribution in [0.2, 0.25) is 0 Å². The van der Waals surface area contributed by atoms with Gasteiger partial charge in [0.15, 0.2) is 5.96 Å². The van der Waals surface area contributed by atoms with E-state index in [9.17, 15) is 0 Å². The zero-order chi connectivity index (χ0) is 12.0. The zero-order valence-electron chi connectivity index (χ0n) is 9.30. The average Bonchev–Trinajstić information content (AvgIpc) is 2.17. The van der Waals surface area contributed by atoms with Gasteiger partial charge in [0, 0.05) is 0 Å². The van der Waals surface area contributed by atoms with Gasteiger partial charge in [0.1, 0.15) is 0 Å². The van der Waals surface area contributed by atoms with Gasteiger partial charge in [-0.15, -0.1) is 0 Å². The Kier molecular flexibility index (Phi) is 4.32. The quantitative estimate of drug-likeness (QED) is 0.500. The van der Waals surface area contributed by atoms with Gasteiger partial charge < -0.3 is 17.2 Å². The fraction of sp³-hybridized carbons (Fsp3) is 0.273. The van der Waals surface area contributed by atoms with E-state index in [2.05, 4.69) is 9.98 Å². The van der Waals surface area contributed by atoms with E-state index in [0.717, 1.165) is 6.42 Å². The van der Waals surface area contributed by atoms with E-state index < -0.39 is 0 Å². The molecule has 1 rings (SSSR count). The molecule has 0 fully saturated rings. The summed E-state index contributed by atoms with van der Waals surface area (Å²) in [6, 6.07) is 10.1. The molecule has 0 amide bonds. The monoisotopic (exact) mass is 219 g/mol. The van der Waals surface area contributed by atoms with Crippen LogP contribution < -0.4 is 17.2 Å². The zero-order valence-corrected chi connectivity index (χ0v) is 9.30. The minimum atomic E-state index is -0.0758. The lowest BCUT2D eigenvalue weighted by atomic mass is 10.1. The standard InChI is InChI=1S/C11H17N5/c1-8(15-11(14)16-10(12)13)7-9-5-3-2-4-6-9/h2-6,8H,7H2,1H3,(H6,12,13,14,15,16). The van der Waals surface area contributed by atoms with Crippen LogP contribution in [0.3, 0.4) is 0 Å². The predicted molar refractivity (Wildman–Crippen MR) is 67.0 cm³/mol. The van der Waals surface area contributed by atoms with Crippen LogP contribution in [0, 0.1) is 0 Å². The molecule has 0 saturated heterocycles. The summed E-state index contributed by atoms with van der Waals surface area (Å²) in [7, 11) is 0. The van der Waals surface area contributed by atoms with Crippen LogP contribution in [-0.4, -0.2) is 18.0 Å². The molecule has 16 heavy (non-hydrogen) atoms. The molecule has 0 aliphatic heterocycles. The molecule has 0 aliphatic rings. The Morgan fingerprint density at radius 2 is 1.81 bits per heavy atom. The second-order valence-electron chi connectivity index (χ2n) is 3.56. The summed E-state index contributed by atoms with van der Waals surface area (Å²) in [5.41, 5.74) is 17.1. The van der Waals surface area contributed by atoms with Crippen molar-refractivity contribution in [2.24, 2.45) is 27.2 Å². The van der Waals surface area contributed by atoms with E-state index in [0.29, 0.717) is 0 Å². The summed E-state index contributed by atoms with van der Waals surface area (Å²) >= 11 is 0. The van der Waals surface area contributed by atoms with E-state index in [4.69, 9.17) is 17.2 Å². The highest BCUT2D eigenvalue weighted by atomic mass is 15.1. The van der Waals surface area contributed by atoms with Crippen molar-refractivity contribution in [2.45, 2.75) is 19.4 Å². The molecule has 0 heterocycles. The highest BCUT2D eigenvalue weighted by molar-refractivity contribution is 5.92. The largest absolute Gasteiger partial charge is 0.370 e. The van der Waals surface area contributed by atoms with Crippen molar-refractivity contribution < 1.29 is 0 Å². The van der Waals surface area contributed by atoms with Crippen molar-refractivity contribution in [3.8, 4) is 0 Å². The van der Waals surface area contributed by atoms with Gasteiger partial charge in [-0.25, -0.2) is 4.99 Å². The van der Waals surface area contributed by atoms with Crippen molar-refractivity contribution in [3.63, 3.8) is 0 Å². The van der Waals surface area contributed by atoms with Crippen molar-refractivity contribution in [1.82, 2.24) is 0 Å². The second-order valence-corrected chi connectivity index (χ2v) is 3.56. The van der Waals surface area contributed by atoms with Crippen LogP contribution in [0.15, 0.2) is 40.3 Å². The molecule has 1 aromatic carbocycles. The highest BCUT2D eigenvalue weighted by Gasteiger charge is 2.01. The Bertz CT molecular complexity index is 379. The molecule has 5 nitrogen and oxygen atoms in total. The van der Waals surface area contributed by atoms with Crippen LogP contribution in [0.25, 0.3) is 0 Å². The van der Waals surface area contributed by atoms with E-state index in [1.165, 1.54) is 5.56 Å². The van der Waals surface area contributed by atoms with Gasteiger partial charge in [-0.3, -0.25) is 0 Å². The number of guanidine groups is 2. The molecule has 86 valence electrons. The normalized spacial score (nSPS) is 13.2. The van der Waals surface area contributed by atoms with Crippen molar-refractivity contribution in [1.29, 1.82) is 0 Å². The molecule has 0 aliphatic carbocycles. The lowest BCUT2D eigenvalue weighted by Gasteiger charge is -2.06. The number of nitrogens with zero attached hydrogens (tertiary/aromatic N) is 2. The minimum absolute atomic E-state index is 0.0468. The van der Waals surface area contributed by atoms with Crippen LogP contribution in [-0.2, 0) is 6.42 Å². The minimum Gasteiger partial charge on any atom is -0.370 e. The first-order valence-electron chi connectivity index (χ1n) is 5.04. The topological polar surface area (TPSA) is 103 Å². The maximum Gasteiger partial charge on any atom is 0.218 e. The molecule has 6 N–H and O–H groups in total. The van der Waals surface area contributed by atoms with Gasteiger partial charge in [-0.05, 0) is 18.9 Å². The molecule has 1 atom stereocenters. The van der Waals surface area contributed by atoms with Crippen LogP contribution >= 0.6 is 0 Å². The van der Waals surface area contributed by atoms with Gasteiger partial charge in [0.05, 0.1) is 6.04 Å². The molecule has 1 aromatic rings. The van der Waals surface area contributed by atoms with Crippen molar-refractivity contribution in [3.05, 3.63) is 35.9 Å². The molecule has 0 aromatic heterocycles. The summed E-state index contributed by atoms with van der Waals surface area (Å²) in [6.45, 7) is 1.96. The average molecular weight is 219 g/mol. The van der Waals surface area contributed by atoms with Crippen LogP contribution in [0.4, 0.5) is 0 Å². The van der Waals surface area contributed by atoms with Crippen molar-refractivity contribution >= 4 is 11.9 Å². The smallest absolute Gasteiger partial charge is 0.218 e. The van der Waals surface area contributed by atoms with E-state index in [1.54, 1.807) is 0 Å². The highest BCUT2D eigenvalue weighted by Crippen LogP contribution is 2.05. The van der Waals surface area contributed by atoms with Crippen LogP contribution in [0.1, 0.15) is 12.5 Å². The molecule has 1 unspecified atom stereocenters. The van der Waals surface area contributed by atoms with Gasteiger partial charge in [0.25, 0.3) is 0 Å². The third kappa shape index (κ3) is 4.45. The van der Waals surface area contributed by atoms with Gasteiger partial charge >= 0.3 is 0 Å². The van der Waals surface area contributed by atoms with E-state index in [1.807, 2.05) is 37.3 Å². The molecular weight excluding hydrogens is 202 g/mol. The summed E-state index contributed by atoms with van der Waals surface area (Å²) in [5, 5.41) is 0. The Labute approximate surface area is 95.1 Å². The first kappa shape index (κ1) is 12.0. The summed E-state index contributed by atoms with van der Waals surface area (Å²) in [4.78, 5) is 7.82. The number of rotatable bonds is 3. The second kappa shape index (κ2) is 5.75. The third-order valence-electron chi connectivity index (χ3n) is 1.97. The van der Waals surface area contributed by atoms with Gasteiger partial charge in [0.2, 0.25) is 5.96 Å². The van der Waals surface area contributed by atoms with Gasteiger partial charge in [-0.1, -0.05) is 30.3 Å². The van der Waals surface area contributed by atoms with Crippen molar-refractivity contribution in [2.75, 3.05) is 0 Å². The fourth-order valence-corrected chi connectivity index (χ4v) is 1.39. The van der Waals surface area contributed by atoms with E-state index in [-0.39, 0.29) is 18.0 Å². The first-order chi connectivity index (χ1) is 7.58. The lowest BCUT2D eigenvalue weighted by molar-refractivity contribution is 0.738. The third-order valence-corrected chi connectivity index (χ3v) is 1.97. The van der Waals surface area contributed by atoms with E-state index >= 15 is 0 Å². The number of aliphatic imine (C=N–C) groups is 2. The summed E-state index contributed by atoms with van der Waals surface area (Å²) in [5.74, 6) is 0.0385. The molecule has 0 spiro atoms. The molecular formula is C11H17N5. The number of nitrogens with two attached hydrogens (primary N) is 3. The SMILES string of the molecule is CC(Cc1ccccc1)N=C(N)N=C(N)N. The Balaban J connectivity index is 2.60.